The molecule has 0 aromatic carbocycles. The highest BCUT2D eigenvalue weighted by atomic mass is 32.1. The topological polar surface area (TPSA) is 35.8 Å². The van der Waals surface area contributed by atoms with Crippen LogP contribution in [0.25, 0.3) is 0 Å². The molecule has 0 bridgehead atoms. The SMILES string of the molecule is Cc1ccc(C(C)NCCCCC#N)s1. The zero-order chi connectivity index (χ0) is 11.1. The van der Waals surface area contributed by atoms with E-state index in [1.807, 2.05) is 11.3 Å². The van der Waals surface area contributed by atoms with Gasteiger partial charge in [0.1, 0.15) is 0 Å². The minimum absolute atomic E-state index is 0.436. The van der Waals surface area contributed by atoms with Gasteiger partial charge in [-0.3, -0.25) is 0 Å². The second-order valence-corrected chi connectivity index (χ2v) is 5.06. The van der Waals surface area contributed by atoms with Gasteiger partial charge >= 0.3 is 0 Å². The highest BCUT2D eigenvalue weighted by Crippen LogP contribution is 2.22. The standard InChI is InChI=1S/C12H18N2S/c1-10-6-7-12(15-10)11(2)14-9-5-3-4-8-13/h6-7,11,14H,3-5,9H2,1-2H3. The number of rotatable bonds is 6. The molecule has 1 unspecified atom stereocenters. The molecule has 1 rings (SSSR count). The number of nitrogens with zero attached hydrogens (tertiary/aromatic N) is 1. The molecular weight excluding hydrogens is 204 g/mol. The summed E-state index contributed by atoms with van der Waals surface area (Å²) >= 11 is 1.85. The lowest BCUT2D eigenvalue weighted by Crippen LogP contribution is -2.18. The van der Waals surface area contributed by atoms with E-state index in [2.05, 4.69) is 37.4 Å². The first-order valence-electron chi connectivity index (χ1n) is 5.40. The molecule has 0 saturated heterocycles. The monoisotopic (exact) mass is 222 g/mol. The van der Waals surface area contributed by atoms with Gasteiger partial charge in [0, 0.05) is 22.2 Å². The maximum absolute atomic E-state index is 8.39. The van der Waals surface area contributed by atoms with Gasteiger partial charge in [0.2, 0.25) is 0 Å². The number of thiophene rings is 1. The second kappa shape index (κ2) is 6.60. The summed E-state index contributed by atoms with van der Waals surface area (Å²) in [5.41, 5.74) is 0. The Hall–Kier alpha value is -0.850. The van der Waals surface area contributed by atoms with Crippen molar-refractivity contribution in [3.8, 4) is 6.07 Å². The molecule has 2 nitrogen and oxygen atoms in total. The van der Waals surface area contributed by atoms with Crippen LogP contribution < -0.4 is 5.32 Å². The van der Waals surface area contributed by atoms with Gasteiger partial charge in [-0.2, -0.15) is 5.26 Å². The summed E-state index contributed by atoms with van der Waals surface area (Å²) in [4.78, 5) is 2.76. The fraction of sp³-hybridized carbons (Fsp3) is 0.583. The van der Waals surface area contributed by atoms with Gasteiger partial charge in [0.05, 0.1) is 6.07 Å². The number of hydrogen-bond donors (Lipinski definition) is 1. The van der Waals surface area contributed by atoms with Crippen LogP contribution in [0.3, 0.4) is 0 Å². The van der Waals surface area contributed by atoms with Crippen LogP contribution in [0.4, 0.5) is 0 Å². The molecule has 0 aliphatic rings. The molecule has 1 heterocycles. The lowest BCUT2D eigenvalue weighted by molar-refractivity contribution is 0.555. The van der Waals surface area contributed by atoms with E-state index in [1.54, 1.807) is 0 Å². The Balaban J connectivity index is 2.19. The fourth-order valence-electron chi connectivity index (χ4n) is 1.43. The third-order valence-electron chi connectivity index (χ3n) is 2.35. The Morgan fingerprint density at radius 2 is 2.27 bits per heavy atom. The molecular formula is C12H18N2S. The van der Waals surface area contributed by atoms with Crippen LogP contribution in [-0.4, -0.2) is 6.54 Å². The van der Waals surface area contributed by atoms with Crippen molar-refractivity contribution in [1.82, 2.24) is 5.32 Å². The van der Waals surface area contributed by atoms with Crippen molar-refractivity contribution in [3.05, 3.63) is 21.9 Å². The summed E-state index contributed by atoms with van der Waals surface area (Å²) in [5, 5.41) is 11.9. The van der Waals surface area contributed by atoms with Crippen molar-refractivity contribution < 1.29 is 0 Å². The van der Waals surface area contributed by atoms with Crippen LogP contribution in [0.2, 0.25) is 0 Å². The lowest BCUT2D eigenvalue weighted by Gasteiger charge is -2.11. The Bertz CT molecular complexity index is 325. The minimum atomic E-state index is 0.436. The summed E-state index contributed by atoms with van der Waals surface area (Å²) in [6.45, 7) is 5.32. The fourth-order valence-corrected chi connectivity index (χ4v) is 2.34. The largest absolute Gasteiger partial charge is 0.309 e. The van der Waals surface area contributed by atoms with Crippen LogP contribution in [-0.2, 0) is 0 Å². The Labute approximate surface area is 95.9 Å². The van der Waals surface area contributed by atoms with Crippen LogP contribution in [0.5, 0.6) is 0 Å². The van der Waals surface area contributed by atoms with Crippen molar-refractivity contribution in [2.24, 2.45) is 0 Å². The van der Waals surface area contributed by atoms with Crippen molar-refractivity contribution in [1.29, 1.82) is 5.26 Å². The molecule has 1 N–H and O–H groups in total. The van der Waals surface area contributed by atoms with E-state index in [0.717, 1.165) is 19.4 Å². The first kappa shape index (κ1) is 12.2. The van der Waals surface area contributed by atoms with Gasteiger partial charge in [-0.15, -0.1) is 11.3 Å². The van der Waals surface area contributed by atoms with Crippen molar-refractivity contribution in [2.75, 3.05) is 6.54 Å². The number of aryl methyl sites for hydroxylation is 1. The first-order valence-corrected chi connectivity index (χ1v) is 6.22. The summed E-state index contributed by atoms with van der Waals surface area (Å²) < 4.78 is 0. The summed E-state index contributed by atoms with van der Waals surface area (Å²) in [6.07, 6.45) is 2.76. The van der Waals surface area contributed by atoms with Crippen molar-refractivity contribution >= 4 is 11.3 Å². The maximum Gasteiger partial charge on any atom is 0.0621 e. The van der Waals surface area contributed by atoms with Gasteiger partial charge in [0.25, 0.3) is 0 Å². The maximum atomic E-state index is 8.39. The predicted molar refractivity (Wildman–Crippen MR) is 64.9 cm³/mol. The average Bonchev–Trinajstić information content (AvgIpc) is 2.64. The van der Waals surface area contributed by atoms with E-state index in [0.29, 0.717) is 12.5 Å². The zero-order valence-corrected chi connectivity index (χ0v) is 10.2. The Morgan fingerprint density at radius 3 is 2.87 bits per heavy atom. The van der Waals surface area contributed by atoms with Gasteiger partial charge < -0.3 is 5.32 Å². The van der Waals surface area contributed by atoms with Crippen molar-refractivity contribution in [2.45, 2.75) is 39.2 Å². The first-order chi connectivity index (χ1) is 7.24. The molecule has 82 valence electrons. The predicted octanol–water partition coefficient (Wildman–Crippen LogP) is 3.40. The molecule has 0 amide bonds. The number of unbranched alkanes of at least 4 members (excludes halogenated alkanes) is 2. The quantitative estimate of drug-likeness (QED) is 0.749. The second-order valence-electron chi connectivity index (χ2n) is 3.74. The Morgan fingerprint density at radius 1 is 1.47 bits per heavy atom. The van der Waals surface area contributed by atoms with E-state index < -0.39 is 0 Å². The summed E-state index contributed by atoms with van der Waals surface area (Å²) in [7, 11) is 0. The smallest absolute Gasteiger partial charge is 0.0621 e. The normalized spacial score (nSPS) is 12.3. The van der Waals surface area contributed by atoms with Crippen LogP contribution >= 0.6 is 11.3 Å². The van der Waals surface area contributed by atoms with E-state index in [-0.39, 0.29) is 0 Å². The number of hydrogen-bond acceptors (Lipinski definition) is 3. The molecule has 15 heavy (non-hydrogen) atoms. The van der Waals surface area contributed by atoms with Gasteiger partial charge in [0.15, 0.2) is 0 Å². The average molecular weight is 222 g/mol. The lowest BCUT2D eigenvalue weighted by atomic mass is 10.2. The molecule has 0 aliphatic heterocycles. The van der Waals surface area contributed by atoms with E-state index in [9.17, 15) is 0 Å². The van der Waals surface area contributed by atoms with Gasteiger partial charge in [-0.25, -0.2) is 0 Å². The van der Waals surface area contributed by atoms with Crippen molar-refractivity contribution in [3.63, 3.8) is 0 Å². The molecule has 0 spiro atoms. The highest BCUT2D eigenvalue weighted by Gasteiger charge is 2.05. The Kier molecular flexibility index (Phi) is 5.38. The third-order valence-corrected chi connectivity index (χ3v) is 3.54. The molecule has 0 fully saturated rings. The molecule has 1 atom stereocenters. The van der Waals surface area contributed by atoms with Gasteiger partial charge in [-0.05, 0) is 45.4 Å². The molecule has 0 saturated carbocycles. The summed E-state index contributed by atoms with van der Waals surface area (Å²) in [6, 6.07) is 6.95. The third kappa shape index (κ3) is 4.46. The van der Waals surface area contributed by atoms with Crippen LogP contribution in [0.15, 0.2) is 12.1 Å². The van der Waals surface area contributed by atoms with E-state index in [4.69, 9.17) is 5.26 Å². The highest BCUT2D eigenvalue weighted by molar-refractivity contribution is 7.12. The van der Waals surface area contributed by atoms with Crippen LogP contribution in [0.1, 0.15) is 42.0 Å². The molecule has 1 aromatic rings. The number of nitriles is 1. The molecule has 1 aromatic heterocycles. The minimum Gasteiger partial charge on any atom is -0.309 e. The van der Waals surface area contributed by atoms with E-state index in [1.165, 1.54) is 9.75 Å². The van der Waals surface area contributed by atoms with Gasteiger partial charge in [-0.1, -0.05) is 0 Å². The molecule has 0 radical (unpaired) electrons. The molecule has 3 heteroatoms. The zero-order valence-electron chi connectivity index (χ0n) is 9.42. The van der Waals surface area contributed by atoms with Crippen LogP contribution in [0, 0.1) is 18.3 Å². The summed E-state index contributed by atoms with van der Waals surface area (Å²) in [5.74, 6) is 0. The van der Waals surface area contributed by atoms with E-state index >= 15 is 0 Å². The number of nitrogens with one attached hydrogen (secondary N) is 1. The molecule has 0 aliphatic carbocycles.